The minimum atomic E-state index is -3.48. The molecule has 1 saturated heterocycles. The molecule has 1 amide bonds. The van der Waals surface area contributed by atoms with Crippen molar-refractivity contribution in [1.82, 2.24) is 9.29 Å². The second-order valence-electron chi connectivity index (χ2n) is 7.47. The Labute approximate surface area is 183 Å². The molecule has 0 spiro atoms. The van der Waals surface area contributed by atoms with E-state index in [4.69, 9.17) is 5.73 Å². The van der Waals surface area contributed by atoms with Gasteiger partial charge in [-0.3, -0.25) is 4.79 Å². The van der Waals surface area contributed by atoms with Gasteiger partial charge in [-0.25, -0.2) is 13.4 Å². The molecule has 3 heterocycles. The number of carbonyl (C=O) groups excluding carboxylic acids is 1. The fourth-order valence-corrected chi connectivity index (χ4v) is 6.28. The number of aromatic nitrogens is 1. The average molecular weight is 453 g/mol. The molecule has 0 saturated carbocycles. The van der Waals surface area contributed by atoms with Gasteiger partial charge in [-0.05, 0) is 49.2 Å². The minimum absolute atomic E-state index is 0.227. The van der Waals surface area contributed by atoms with E-state index in [9.17, 15) is 13.2 Å². The first-order chi connectivity index (χ1) is 14.9. The molecule has 1 aliphatic heterocycles. The standard InChI is InChI=1S/C22H20N4O3S2/c23-19-17-13-14-5-1-2-6-18(14)25-22(17)30-20(19)21(27)24-15-7-9-16(10-8-15)31(28,29)26-11-3-4-12-26/h1-2,5-10,13H,3-4,11-12,23H2,(H,24,27). The van der Waals surface area contributed by atoms with Gasteiger partial charge in [0, 0.05) is 29.5 Å². The van der Waals surface area contributed by atoms with Gasteiger partial charge >= 0.3 is 0 Å². The van der Waals surface area contributed by atoms with Crippen LogP contribution in [0.1, 0.15) is 22.5 Å². The highest BCUT2D eigenvalue weighted by Gasteiger charge is 2.27. The van der Waals surface area contributed by atoms with Crippen LogP contribution >= 0.6 is 11.3 Å². The number of hydrogen-bond donors (Lipinski definition) is 2. The third kappa shape index (κ3) is 3.54. The maximum absolute atomic E-state index is 12.9. The molecule has 0 bridgehead atoms. The number of thiophene rings is 1. The van der Waals surface area contributed by atoms with Gasteiger partial charge in [0.15, 0.2) is 0 Å². The summed E-state index contributed by atoms with van der Waals surface area (Å²) in [4.78, 5) is 18.8. The van der Waals surface area contributed by atoms with E-state index in [1.807, 2.05) is 30.3 Å². The molecular formula is C22H20N4O3S2. The number of carbonyl (C=O) groups is 1. The van der Waals surface area contributed by atoms with Crippen molar-refractivity contribution in [2.75, 3.05) is 24.1 Å². The Morgan fingerprint density at radius 2 is 1.77 bits per heavy atom. The summed E-state index contributed by atoms with van der Waals surface area (Å²) in [5.74, 6) is -0.347. The van der Waals surface area contributed by atoms with Crippen LogP contribution in [-0.2, 0) is 10.0 Å². The van der Waals surface area contributed by atoms with Crippen LogP contribution in [0.4, 0.5) is 11.4 Å². The van der Waals surface area contributed by atoms with Gasteiger partial charge in [0.1, 0.15) is 9.71 Å². The molecule has 0 radical (unpaired) electrons. The minimum Gasteiger partial charge on any atom is -0.397 e. The number of amides is 1. The van der Waals surface area contributed by atoms with E-state index in [0.717, 1.165) is 29.1 Å². The average Bonchev–Trinajstić information content (AvgIpc) is 3.42. The molecule has 2 aromatic heterocycles. The molecule has 0 atom stereocenters. The number of nitrogens with one attached hydrogen (secondary N) is 1. The lowest BCUT2D eigenvalue weighted by atomic mass is 10.1. The summed E-state index contributed by atoms with van der Waals surface area (Å²) in [7, 11) is -3.48. The maximum atomic E-state index is 12.9. The van der Waals surface area contributed by atoms with E-state index in [0.29, 0.717) is 34.2 Å². The van der Waals surface area contributed by atoms with Crippen LogP contribution in [0.2, 0.25) is 0 Å². The van der Waals surface area contributed by atoms with Crippen LogP contribution in [0.15, 0.2) is 59.5 Å². The first-order valence-corrected chi connectivity index (χ1v) is 12.2. The van der Waals surface area contributed by atoms with Crippen LogP contribution in [0.3, 0.4) is 0 Å². The van der Waals surface area contributed by atoms with E-state index in [2.05, 4.69) is 10.3 Å². The predicted octanol–water partition coefficient (Wildman–Crippen LogP) is 4.07. The van der Waals surface area contributed by atoms with Crippen molar-refractivity contribution in [3.63, 3.8) is 0 Å². The van der Waals surface area contributed by atoms with Crippen LogP contribution < -0.4 is 11.1 Å². The molecule has 5 rings (SSSR count). The van der Waals surface area contributed by atoms with Gasteiger partial charge in [0.2, 0.25) is 10.0 Å². The second kappa shape index (κ2) is 7.60. The summed E-state index contributed by atoms with van der Waals surface area (Å²) in [5, 5.41) is 4.52. The third-order valence-electron chi connectivity index (χ3n) is 5.44. The van der Waals surface area contributed by atoms with Crippen molar-refractivity contribution in [2.45, 2.75) is 17.7 Å². The van der Waals surface area contributed by atoms with E-state index >= 15 is 0 Å². The number of hydrogen-bond acceptors (Lipinski definition) is 6. The zero-order chi connectivity index (χ0) is 21.6. The van der Waals surface area contributed by atoms with Crippen LogP contribution in [-0.4, -0.2) is 36.7 Å². The fraction of sp³-hybridized carbons (Fsp3) is 0.182. The Kier molecular flexibility index (Phi) is 4.88. The van der Waals surface area contributed by atoms with Gasteiger partial charge in [-0.15, -0.1) is 11.3 Å². The highest BCUT2D eigenvalue weighted by Crippen LogP contribution is 2.35. The lowest BCUT2D eigenvalue weighted by Gasteiger charge is -2.15. The highest BCUT2D eigenvalue weighted by atomic mass is 32.2. The molecule has 158 valence electrons. The molecular weight excluding hydrogens is 432 g/mol. The first-order valence-electron chi connectivity index (χ1n) is 9.93. The first kappa shape index (κ1) is 19.9. The molecule has 4 aromatic rings. The van der Waals surface area contributed by atoms with Gasteiger partial charge in [-0.2, -0.15) is 4.31 Å². The monoisotopic (exact) mass is 452 g/mol. The number of benzene rings is 2. The Hall–Kier alpha value is -3.01. The van der Waals surface area contributed by atoms with Crippen LogP contribution in [0.5, 0.6) is 0 Å². The largest absolute Gasteiger partial charge is 0.397 e. The lowest BCUT2D eigenvalue weighted by molar-refractivity contribution is 0.103. The van der Waals surface area contributed by atoms with E-state index < -0.39 is 10.0 Å². The third-order valence-corrected chi connectivity index (χ3v) is 8.47. The van der Waals surface area contributed by atoms with Gasteiger partial charge < -0.3 is 11.1 Å². The Bertz CT molecular complexity index is 1410. The number of pyridine rings is 1. The SMILES string of the molecule is Nc1c(C(=O)Nc2ccc(S(=O)(=O)N3CCCC3)cc2)sc2nc3ccccc3cc12. The van der Waals surface area contributed by atoms with Crippen molar-refractivity contribution in [1.29, 1.82) is 0 Å². The highest BCUT2D eigenvalue weighted by molar-refractivity contribution is 7.89. The zero-order valence-corrected chi connectivity index (χ0v) is 18.2. The number of nitrogens with two attached hydrogens (primary N) is 1. The number of para-hydroxylation sites is 1. The molecule has 0 unspecified atom stereocenters. The van der Waals surface area contributed by atoms with Gasteiger partial charge in [0.25, 0.3) is 5.91 Å². The second-order valence-corrected chi connectivity index (χ2v) is 10.4. The van der Waals surface area contributed by atoms with Crippen molar-refractivity contribution in [3.8, 4) is 0 Å². The maximum Gasteiger partial charge on any atom is 0.267 e. The van der Waals surface area contributed by atoms with Crippen LogP contribution in [0, 0.1) is 0 Å². The number of nitrogen functional groups attached to an aromatic ring is 1. The fourth-order valence-electron chi connectivity index (χ4n) is 3.79. The Balaban J connectivity index is 1.40. The molecule has 31 heavy (non-hydrogen) atoms. The Morgan fingerprint density at radius 1 is 1.06 bits per heavy atom. The molecule has 3 N–H and O–H groups in total. The van der Waals surface area contributed by atoms with Crippen molar-refractivity contribution in [3.05, 3.63) is 59.5 Å². The van der Waals surface area contributed by atoms with Crippen molar-refractivity contribution < 1.29 is 13.2 Å². The zero-order valence-electron chi connectivity index (χ0n) is 16.5. The van der Waals surface area contributed by atoms with E-state index in [1.165, 1.54) is 27.8 Å². The summed E-state index contributed by atoms with van der Waals surface area (Å²) >= 11 is 1.24. The summed E-state index contributed by atoms with van der Waals surface area (Å²) in [6.45, 7) is 1.10. The molecule has 2 aromatic carbocycles. The lowest BCUT2D eigenvalue weighted by Crippen LogP contribution is -2.27. The molecule has 9 heteroatoms. The quantitative estimate of drug-likeness (QED) is 0.486. The van der Waals surface area contributed by atoms with Gasteiger partial charge in [0.05, 0.1) is 16.1 Å². The van der Waals surface area contributed by atoms with Crippen molar-refractivity contribution >= 4 is 59.8 Å². The molecule has 7 nitrogen and oxygen atoms in total. The Morgan fingerprint density at radius 3 is 2.52 bits per heavy atom. The van der Waals surface area contributed by atoms with Crippen LogP contribution in [0.25, 0.3) is 21.1 Å². The normalized spacial score (nSPS) is 15.0. The summed E-state index contributed by atoms with van der Waals surface area (Å²) in [6, 6.07) is 15.9. The number of anilines is 2. The van der Waals surface area contributed by atoms with Gasteiger partial charge in [-0.1, -0.05) is 18.2 Å². The molecule has 0 aliphatic carbocycles. The summed E-state index contributed by atoms with van der Waals surface area (Å²) < 4.78 is 26.8. The molecule has 1 fully saturated rings. The molecule has 1 aliphatic rings. The van der Waals surface area contributed by atoms with Crippen molar-refractivity contribution in [2.24, 2.45) is 0 Å². The number of rotatable bonds is 4. The van der Waals surface area contributed by atoms with E-state index in [1.54, 1.807) is 12.1 Å². The number of nitrogens with zero attached hydrogens (tertiary/aromatic N) is 2. The summed E-state index contributed by atoms with van der Waals surface area (Å²) in [5.41, 5.74) is 8.00. The predicted molar refractivity (Wildman–Crippen MR) is 124 cm³/mol. The number of fused-ring (bicyclic) bond motifs is 2. The number of sulfonamides is 1. The van der Waals surface area contributed by atoms with E-state index in [-0.39, 0.29) is 10.8 Å². The topological polar surface area (TPSA) is 105 Å². The smallest absolute Gasteiger partial charge is 0.267 e. The summed E-state index contributed by atoms with van der Waals surface area (Å²) in [6.07, 6.45) is 1.77.